The molecule has 0 unspecified atom stereocenters. The number of carboxylic acid groups (broad SMARTS) is 1. The zero-order valence-electron chi connectivity index (χ0n) is 9.67. The molecule has 1 aliphatic carbocycles. The quantitative estimate of drug-likeness (QED) is 0.899. The van der Waals surface area contributed by atoms with Crippen LogP contribution in [0.4, 0.5) is 4.39 Å². The van der Waals surface area contributed by atoms with Crippen molar-refractivity contribution in [1.29, 1.82) is 0 Å². The lowest BCUT2D eigenvalue weighted by molar-refractivity contribution is -0.147. The van der Waals surface area contributed by atoms with E-state index in [0.717, 1.165) is 6.42 Å². The first-order chi connectivity index (χ1) is 8.44. The highest BCUT2D eigenvalue weighted by Crippen LogP contribution is 2.50. The Labute approximate surface area is 112 Å². The van der Waals surface area contributed by atoms with Crippen LogP contribution in [0, 0.1) is 5.82 Å². The van der Waals surface area contributed by atoms with Gasteiger partial charge in [-0.15, -0.1) is 0 Å². The van der Waals surface area contributed by atoms with Crippen molar-refractivity contribution in [2.45, 2.75) is 24.7 Å². The predicted molar refractivity (Wildman–Crippen MR) is 65.5 cm³/mol. The van der Waals surface area contributed by atoms with Gasteiger partial charge in [0, 0.05) is 5.56 Å². The minimum atomic E-state index is -1.18. The minimum Gasteiger partial charge on any atom is -0.505 e. The van der Waals surface area contributed by atoms with Crippen LogP contribution in [-0.4, -0.2) is 23.3 Å². The van der Waals surface area contributed by atoms with Crippen molar-refractivity contribution >= 4 is 21.9 Å². The molecule has 0 aliphatic heterocycles. The fourth-order valence-corrected chi connectivity index (χ4v) is 2.84. The number of aromatic hydroxyl groups is 1. The SMILES string of the molecule is COc1c(Br)cc(C2(C(=O)O)CCC2)c(O)c1F. The molecule has 0 radical (unpaired) electrons. The van der Waals surface area contributed by atoms with Gasteiger partial charge in [-0.25, -0.2) is 0 Å². The normalized spacial score (nSPS) is 17.1. The van der Waals surface area contributed by atoms with Gasteiger partial charge in [-0.2, -0.15) is 4.39 Å². The summed E-state index contributed by atoms with van der Waals surface area (Å²) in [4.78, 5) is 11.4. The Morgan fingerprint density at radius 2 is 2.17 bits per heavy atom. The third kappa shape index (κ3) is 1.67. The van der Waals surface area contributed by atoms with Gasteiger partial charge in [-0.1, -0.05) is 6.42 Å². The average Bonchev–Trinajstić information content (AvgIpc) is 2.23. The van der Waals surface area contributed by atoms with E-state index in [-0.39, 0.29) is 11.3 Å². The second kappa shape index (κ2) is 4.42. The summed E-state index contributed by atoms with van der Waals surface area (Å²) in [5.74, 6) is -2.75. The summed E-state index contributed by atoms with van der Waals surface area (Å²) in [5.41, 5.74) is -1.08. The topological polar surface area (TPSA) is 66.8 Å². The third-order valence-electron chi connectivity index (χ3n) is 3.49. The molecule has 0 saturated heterocycles. The average molecular weight is 319 g/mol. The molecule has 6 heteroatoms. The predicted octanol–water partition coefficient (Wildman–Crippen LogP) is 2.81. The Morgan fingerprint density at radius 1 is 1.56 bits per heavy atom. The van der Waals surface area contributed by atoms with Crippen molar-refractivity contribution in [2.24, 2.45) is 0 Å². The summed E-state index contributed by atoms with van der Waals surface area (Å²) < 4.78 is 19.0. The zero-order valence-corrected chi connectivity index (χ0v) is 11.3. The Morgan fingerprint density at radius 3 is 2.56 bits per heavy atom. The number of phenols is 1. The van der Waals surface area contributed by atoms with E-state index >= 15 is 0 Å². The molecule has 18 heavy (non-hydrogen) atoms. The number of carbonyl (C=O) groups is 1. The lowest BCUT2D eigenvalue weighted by Crippen LogP contribution is -2.42. The zero-order chi connectivity index (χ0) is 13.5. The lowest BCUT2D eigenvalue weighted by Gasteiger charge is -2.38. The maximum atomic E-state index is 13.9. The van der Waals surface area contributed by atoms with E-state index in [2.05, 4.69) is 15.9 Å². The highest BCUT2D eigenvalue weighted by atomic mass is 79.9. The molecule has 1 aromatic rings. The van der Waals surface area contributed by atoms with E-state index < -0.39 is 23.0 Å². The number of phenolic OH excluding ortho intramolecular Hbond substituents is 1. The van der Waals surface area contributed by atoms with Crippen molar-refractivity contribution in [3.8, 4) is 11.5 Å². The van der Waals surface area contributed by atoms with E-state index in [0.29, 0.717) is 17.3 Å². The Hall–Kier alpha value is -1.30. The molecule has 0 spiro atoms. The highest BCUT2D eigenvalue weighted by molar-refractivity contribution is 9.10. The number of rotatable bonds is 3. The maximum Gasteiger partial charge on any atom is 0.314 e. The maximum absolute atomic E-state index is 13.9. The van der Waals surface area contributed by atoms with Crippen molar-refractivity contribution in [3.63, 3.8) is 0 Å². The molecule has 1 aliphatic rings. The summed E-state index contributed by atoms with van der Waals surface area (Å²) in [6.07, 6.45) is 1.54. The van der Waals surface area contributed by atoms with Crippen LogP contribution in [0.25, 0.3) is 0 Å². The van der Waals surface area contributed by atoms with Gasteiger partial charge < -0.3 is 14.9 Å². The van der Waals surface area contributed by atoms with Crippen LogP contribution in [-0.2, 0) is 10.2 Å². The van der Waals surface area contributed by atoms with Gasteiger partial charge in [-0.05, 0) is 34.8 Å². The Kier molecular flexibility index (Phi) is 3.23. The first-order valence-corrected chi connectivity index (χ1v) is 6.22. The number of hydrogen-bond acceptors (Lipinski definition) is 3. The monoisotopic (exact) mass is 318 g/mol. The number of hydrogen-bond donors (Lipinski definition) is 2. The van der Waals surface area contributed by atoms with Gasteiger partial charge in [0.25, 0.3) is 0 Å². The van der Waals surface area contributed by atoms with Gasteiger partial charge in [0.2, 0.25) is 5.82 Å². The molecule has 0 aromatic heterocycles. The molecule has 1 aromatic carbocycles. The molecule has 1 saturated carbocycles. The number of carboxylic acids is 1. The molecular formula is C12H12BrFO4. The molecule has 2 N–H and O–H groups in total. The Bertz CT molecular complexity index is 511. The molecule has 1 fully saturated rings. The molecule has 0 bridgehead atoms. The standard InChI is InChI=1S/C12H12BrFO4/c1-18-10-7(13)5-6(9(15)8(10)14)12(11(16)17)3-2-4-12/h5,15H,2-4H2,1H3,(H,16,17). The third-order valence-corrected chi connectivity index (χ3v) is 4.08. The Balaban J connectivity index is 2.62. The molecule has 2 rings (SSSR count). The highest BCUT2D eigenvalue weighted by Gasteiger charge is 2.48. The van der Waals surface area contributed by atoms with Crippen LogP contribution < -0.4 is 4.74 Å². The van der Waals surface area contributed by atoms with Gasteiger partial charge in [0.15, 0.2) is 11.5 Å². The molecule has 4 nitrogen and oxygen atoms in total. The largest absolute Gasteiger partial charge is 0.505 e. The van der Waals surface area contributed by atoms with E-state index in [9.17, 15) is 19.4 Å². The molecule has 0 heterocycles. The first kappa shape index (κ1) is 13.1. The van der Waals surface area contributed by atoms with Gasteiger partial charge in [-0.3, -0.25) is 4.79 Å². The van der Waals surface area contributed by atoms with Crippen LogP contribution >= 0.6 is 15.9 Å². The van der Waals surface area contributed by atoms with Gasteiger partial charge in [0.05, 0.1) is 17.0 Å². The van der Waals surface area contributed by atoms with Crippen molar-refractivity contribution < 1.29 is 24.1 Å². The van der Waals surface area contributed by atoms with E-state index in [4.69, 9.17) is 4.74 Å². The number of methoxy groups -OCH3 is 1. The van der Waals surface area contributed by atoms with Gasteiger partial charge in [0.1, 0.15) is 0 Å². The summed E-state index contributed by atoms with van der Waals surface area (Å²) >= 11 is 3.12. The summed E-state index contributed by atoms with van der Waals surface area (Å²) in [7, 11) is 1.28. The summed E-state index contributed by atoms with van der Waals surface area (Å²) in [6, 6.07) is 1.42. The number of aliphatic carboxylic acids is 1. The minimum absolute atomic E-state index is 0.103. The van der Waals surface area contributed by atoms with Crippen molar-refractivity contribution in [2.75, 3.05) is 7.11 Å². The lowest BCUT2D eigenvalue weighted by atomic mass is 9.64. The van der Waals surface area contributed by atoms with Crippen LogP contribution in [0.15, 0.2) is 10.5 Å². The van der Waals surface area contributed by atoms with E-state index in [1.807, 2.05) is 0 Å². The fourth-order valence-electron chi connectivity index (χ4n) is 2.27. The van der Waals surface area contributed by atoms with Crippen molar-refractivity contribution in [1.82, 2.24) is 0 Å². The second-order valence-corrected chi connectivity index (χ2v) is 5.20. The summed E-state index contributed by atoms with van der Waals surface area (Å²) in [6.45, 7) is 0. The van der Waals surface area contributed by atoms with Crippen LogP contribution in [0.2, 0.25) is 0 Å². The number of ether oxygens (including phenoxy) is 1. The first-order valence-electron chi connectivity index (χ1n) is 5.43. The molecule has 0 atom stereocenters. The molecule has 0 amide bonds. The summed E-state index contributed by atoms with van der Waals surface area (Å²) in [5, 5.41) is 19.1. The fraction of sp³-hybridized carbons (Fsp3) is 0.417. The van der Waals surface area contributed by atoms with E-state index in [1.54, 1.807) is 0 Å². The molecular weight excluding hydrogens is 307 g/mol. The molecule has 98 valence electrons. The van der Waals surface area contributed by atoms with Crippen LogP contribution in [0.3, 0.4) is 0 Å². The van der Waals surface area contributed by atoms with Gasteiger partial charge >= 0.3 is 5.97 Å². The van der Waals surface area contributed by atoms with Crippen molar-refractivity contribution in [3.05, 3.63) is 21.9 Å². The second-order valence-electron chi connectivity index (χ2n) is 4.34. The number of halogens is 2. The van der Waals surface area contributed by atoms with Crippen LogP contribution in [0.1, 0.15) is 24.8 Å². The van der Waals surface area contributed by atoms with E-state index in [1.165, 1.54) is 13.2 Å². The van der Waals surface area contributed by atoms with Crippen LogP contribution in [0.5, 0.6) is 11.5 Å². The number of benzene rings is 1. The smallest absolute Gasteiger partial charge is 0.314 e.